The number of halogens is 1. The Morgan fingerprint density at radius 3 is 2.76 bits per heavy atom. The molecule has 2 aliphatic heterocycles. The molecule has 90 valence electrons. The molecule has 2 bridgehead atoms. The van der Waals surface area contributed by atoms with E-state index in [1.165, 1.54) is 5.56 Å². The Kier molecular flexibility index (Phi) is 2.64. The first-order valence-corrected chi connectivity index (χ1v) is 6.92. The van der Waals surface area contributed by atoms with Crippen molar-refractivity contribution < 1.29 is 4.79 Å². The van der Waals surface area contributed by atoms with Crippen LogP contribution in [0.4, 0.5) is 0 Å². The maximum Gasteiger partial charge on any atom is 0.136 e. The molecule has 2 unspecified atom stereocenters. The van der Waals surface area contributed by atoms with Gasteiger partial charge < -0.3 is 0 Å². The van der Waals surface area contributed by atoms with E-state index >= 15 is 0 Å². The van der Waals surface area contributed by atoms with Crippen LogP contribution >= 0.6 is 15.9 Å². The van der Waals surface area contributed by atoms with E-state index in [1.807, 2.05) is 0 Å². The summed E-state index contributed by atoms with van der Waals surface area (Å²) in [5.74, 6) is 0.425. The molecule has 1 aromatic carbocycles. The highest BCUT2D eigenvalue weighted by Gasteiger charge is 2.50. The predicted molar refractivity (Wildman–Crippen MR) is 70.8 cm³/mol. The summed E-state index contributed by atoms with van der Waals surface area (Å²) in [5.41, 5.74) is 1.26. The van der Waals surface area contributed by atoms with Crippen molar-refractivity contribution in [2.24, 2.45) is 0 Å². The fourth-order valence-corrected chi connectivity index (χ4v) is 3.71. The first-order chi connectivity index (χ1) is 8.12. The molecule has 0 aromatic heterocycles. The first kappa shape index (κ1) is 11.4. The molecule has 0 radical (unpaired) electrons. The van der Waals surface area contributed by atoms with Gasteiger partial charge in [0.2, 0.25) is 0 Å². The quantitative estimate of drug-likeness (QED) is 0.793. The topological polar surface area (TPSA) is 20.3 Å². The van der Waals surface area contributed by atoms with E-state index in [9.17, 15) is 4.79 Å². The molecule has 0 spiro atoms. The van der Waals surface area contributed by atoms with Gasteiger partial charge in [-0.25, -0.2) is 0 Å². The summed E-state index contributed by atoms with van der Waals surface area (Å²) in [6.07, 6.45) is 3.69. The Morgan fingerprint density at radius 2 is 2.06 bits per heavy atom. The Morgan fingerprint density at radius 1 is 1.35 bits per heavy atom. The van der Waals surface area contributed by atoms with Crippen LogP contribution in [0.5, 0.6) is 0 Å². The molecule has 1 aromatic rings. The summed E-state index contributed by atoms with van der Waals surface area (Å²) >= 11 is 3.47. The van der Waals surface area contributed by atoms with Crippen molar-refractivity contribution in [3.63, 3.8) is 0 Å². The largest absolute Gasteiger partial charge is 0.300 e. The second-order valence-electron chi connectivity index (χ2n) is 5.26. The molecule has 0 N–H and O–H groups in total. The van der Waals surface area contributed by atoms with E-state index in [4.69, 9.17) is 0 Å². The average molecular weight is 294 g/mol. The summed E-state index contributed by atoms with van der Waals surface area (Å²) in [7, 11) is 2.17. The van der Waals surface area contributed by atoms with Gasteiger partial charge in [0.05, 0.1) is 5.54 Å². The van der Waals surface area contributed by atoms with Crippen LogP contribution in [0.3, 0.4) is 0 Å². The molecular formula is C14H16BrNO. The van der Waals surface area contributed by atoms with Crippen molar-refractivity contribution in [3.05, 3.63) is 34.3 Å². The molecule has 2 atom stereocenters. The maximum atomic E-state index is 11.9. The van der Waals surface area contributed by atoms with Gasteiger partial charge in [-0.3, -0.25) is 9.69 Å². The third kappa shape index (κ3) is 1.67. The lowest BCUT2D eigenvalue weighted by atomic mass is 9.81. The van der Waals surface area contributed by atoms with Gasteiger partial charge in [-0.2, -0.15) is 0 Å². The molecular weight excluding hydrogens is 278 g/mol. The van der Waals surface area contributed by atoms with Crippen LogP contribution in [0.2, 0.25) is 0 Å². The van der Waals surface area contributed by atoms with Crippen molar-refractivity contribution in [1.29, 1.82) is 0 Å². The average Bonchev–Trinajstić information content (AvgIpc) is 2.51. The van der Waals surface area contributed by atoms with Gasteiger partial charge in [0.1, 0.15) is 5.78 Å². The van der Waals surface area contributed by atoms with Crippen molar-refractivity contribution in [1.82, 2.24) is 4.90 Å². The number of rotatable bonds is 1. The van der Waals surface area contributed by atoms with E-state index in [0.717, 1.165) is 23.7 Å². The molecule has 3 heteroatoms. The van der Waals surface area contributed by atoms with Crippen LogP contribution in [0.1, 0.15) is 31.2 Å². The normalized spacial score (nSPS) is 33.1. The lowest BCUT2D eigenvalue weighted by molar-refractivity contribution is -0.126. The highest BCUT2D eigenvalue weighted by atomic mass is 79.9. The second kappa shape index (κ2) is 3.92. The van der Waals surface area contributed by atoms with Crippen molar-refractivity contribution >= 4 is 21.7 Å². The van der Waals surface area contributed by atoms with Crippen LogP contribution in [0.15, 0.2) is 28.7 Å². The number of hydrogen-bond donors (Lipinski definition) is 0. The number of carbonyl (C=O) groups is 1. The van der Waals surface area contributed by atoms with E-state index < -0.39 is 0 Å². The van der Waals surface area contributed by atoms with Crippen molar-refractivity contribution in [2.75, 3.05) is 7.05 Å². The Balaban J connectivity index is 2.04. The summed E-state index contributed by atoms with van der Waals surface area (Å²) in [6, 6.07) is 8.91. The van der Waals surface area contributed by atoms with Gasteiger partial charge in [0, 0.05) is 23.4 Å². The fraction of sp³-hybridized carbons (Fsp3) is 0.500. The smallest absolute Gasteiger partial charge is 0.136 e. The Bertz CT molecular complexity index is 456. The van der Waals surface area contributed by atoms with Gasteiger partial charge in [-0.1, -0.05) is 28.1 Å². The zero-order valence-corrected chi connectivity index (χ0v) is 11.5. The molecule has 0 saturated carbocycles. The summed E-state index contributed by atoms with van der Waals surface area (Å²) in [4.78, 5) is 14.3. The number of fused-ring (bicyclic) bond motifs is 2. The molecule has 0 amide bonds. The summed E-state index contributed by atoms with van der Waals surface area (Å²) in [5, 5.41) is 0. The number of hydrogen-bond acceptors (Lipinski definition) is 2. The molecule has 2 heterocycles. The van der Waals surface area contributed by atoms with E-state index in [0.29, 0.717) is 18.2 Å². The first-order valence-electron chi connectivity index (χ1n) is 6.12. The van der Waals surface area contributed by atoms with Crippen LogP contribution in [-0.4, -0.2) is 23.8 Å². The minimum Gasteiger partial charge on any atom is -0.300 e. The Hall–Kier alpha value is -0.670. The van der Waals surface area contributed by atoms with Gasteiger partial charge in [0.15, 0.2) is 0 Å². The van der Waals surface area contributed by atoms with E-state index in [2.05, 4.69) is 52.1 Å². The lowest BCUT2D eigenvalue weighted by Crippen LogP contribution is -2.48. The summed E-state index contributed by atoms with van der Waals surface area (Å²) in [6.45, 7) is 0. The van der Waals surface area contributed by atoms with E-state index in [1.54, 1.807) is 0 Å². The van der Waals surface area contributed by atoms with Gasteiger partial charge in [-0.05, 0) is 37.6 Å². The van der Waals surface area contributed by atoms with E-state index in [-0.39, 0.29) is 5.54 Å². The number of ketones is 1. The minimum absolute atomic E-state index is 0.0271. The van der Waals surface area contributed by atoms with Crippen LogP contribution in [-0.2, 0) is 10.3 Å². The Labute approximate surface area is 110 Å². The summed E-state index contributed by atoms with van der Waals surface area (Å²) < 4.78 is 1.09. The highest BCUT2D eigenvalue weighted by Crippen LogP contribution is 2.48. The monoisotopic (exact) mass is 293 g/mol. The zero-order chi connectivity index (χ0) is 12.0. The zero-order valence-electron chi connectivity index (χ0n) is 9.95. The van der Waals surface area contributed by atoms with Gasteiger partial charge in [-0.15, -0.1) is 0 Å². The van der Waals surface area contributed by atoms with Crippen LogP contribution in [0, 0.1) is 0 Å². The van der Waals surface area contributed by atoms with Gasteiger partial charge in [0.25, 0.3) is 0 Å². The molecule has 2 fully saturated rings. The van der Waals surface area contributed by atoms with Gasteiger partial charge >= 0.3 is 0 Å². The maximum absolute atomic E-state index is 11.9. The molecule has 2 aliphatic rings. The molecule has 3 rings (SSSR count). The predicted octanol–water partition coefficient (Wildman–Crippen LogP) is 3.10. The number of Topliss-reactive ketones (excluding diaryl/α,β-unsaturated/α-hetero) is 1. The molecule has 17 heavy (non-hydrogen) atoms. The van der Waals surface area contributed by atoms with Crippen LogP contribution < -0.4 is 0 Å². The van der Waals surface area contributed by atoms with Crippen molar-refractivity contribution in [3.8, 4) is 0 Å². The third-order valence-corrected chi connectivity index (χ3v) is 4.98. The molecule has 2 nitrogen and oxygen atoms in total. The number of carbonyl (C=O) groups excluding carboxylic acids is 1. The third-order valence-electron chi connectivity index (χ3n) is 4.45. The molecule has 0 aliphatic carbocycles. The minimum atomic E-state index is -0.0271. The lowest BCUT2D eigenvalue weighted by Gasteiger charge is -2.42. The van der Waals surface area contributed by atoms with Crippen LogP contribution in [0.25, 0.3) is 0 Å². The SMILES string of the molecule is CN1C2CCC1(c1ccc(Br)cc1)CC(=O)C2. The standard InChI is InChI=1S/C14H16BrNO/c1-16-12-6-7-14(16,9-13(17)8-12)10-2-4-11(15)5-3-10/h2-5,12H,6-9H2,1H3. The fourth-order valence-electron chi connectivity index (χ4n) is 3.45. The number of benzene rings is 1. The number of piperidine rings is 1. The number of nitrogens with zero attached hydrogens (tertiary/aromatic N) is 1. The second-order valence-corrected chi connectivity index (χ2v) is 6.18. The van der Waals surface area contributed by atoms with Crippen molar-refractivity contribution in [2.45, 2.75) is 37.3 Å². The highest BCUT2D eigenvalue weighted by molar-refractivity contribution is 9.10. The molecule has 2 saturated heterocycles.